The molecular formula is C35H50NO2Se3+. The van der Waals surface area contributed by atoms with Crippen LogP contribution in [0.1, 0.15) is 111 Å². The van der Waals surface area contributed by atoms with Crippen LogP contribution in [0, 0.1) is 0 Å². The van der Waals surface area contributed by atoms with Crippen molar-refractivity contribution in [1.29, 1.82) is 0 Å². The van der Waals surface area contributed by atoms with Gasteiger partial charge in [-0.2, -0.15) is 0 Å². The topological polar surface area (TPSA) is 38.3 Å². The molecular weight excluding hydrogens is 703 g/mol. The minimum absolute atomic E-state index is 0.104. The fourth-order valence-corrected chi connectivity index (χ4v) is 10.9. The standard InChI is InChI=1S/C35H49NO2Se3/c1-14-15-36-30-24(16-22-18-26(32(2,3)4)39-27(19-22)33(5,6)7)31(37)25(30)17-23-20-28(40-34(8,9)10)38-29(21-23)41-35(11,12)13/h16-21H,14-15H2,1-13H3/p+1. The molecule has 224 valence electrons. The predicted octanol–water partition coefficient (Wildman–Crippen LogP) is 8.32. The van der Waals surface area contributed by atoms with Crippen LogP contribution in [0.25, 0.3) is 6.08 Å². The van der Waals surface area contributed by atoms with E-state index in [1.165, 1.54) is 8.87 Å². The first-order chi connectivity index (χ1) is 18.7. The van der Waals surface area contributed by atoms with E-state index in [0.717, 1.165) is 50.3 Å². The zero-order chi connectivity index (χ0) is 31.0. The van der Waals surface area contributed by atoms with Gasteiger partial charge in [0.1, 0.15) is 0 Å². The molecule has 0 unspecified atom stereocenters. The SMILES string of the molecule is CCCNC1=C(C=C2C=C([Se]C(C)(C)C)OC([Se]C(C)(C)C)=C2)C(=O)C1=Cc1cc(C(C)(C)C)[se+]c(C(C)(C)C)c1. The van der Waals surface area contributed by atoms with Crippen molar-refractivity contribution in [3.05, 3.63) is 76.5 Å². The van der Waals surface area contributed by atoms with E-state index in [-0.39, 0.29) is 55.2 Å². The van der Waals surface area contributed by atoms with Crippen molar-refractivity contribution in [2.45, 2.75) is 116 Å². The average molecular weight is 754 g/mol. The molecule has 0 fully saturated rings. The summed E-state index contributed by atoms with van der Waals surface area (Å²) in [6.07, 6.45) is 9.51. The van der Waals surface area contributed by atoms with Crippen LogP contribution in [0.3, 0.4) is 0 Å². The zero-order valence-electron chi connectivity index (χ0n) is 27.4. The van der Waals surface area contributed by atoms with Crippen LogP contribution in [0.15, 0.2) is 62.1 Å². The molecule has 1 aromatic heterocycles. The van der Waals surface area contributed by atoms with Gasteiger partial charge in [-0.1, -0.05) is 0 Å². The number of ether oxygens (including phenoxy) is 1. The summed E-state index contributed by atoms with van der Waals surface area (Å²) >= 11 is 0.704. The van der Waals surface area contributed by atoms with Gasteiger partial charge >= 0.3 is 270 Å². The fraction of sp³-hybridized carbons (Fsp3) is 0.543. The maximum absolute atomic E-state index is 13.7. The van der Waals surface area contributed by atoms with Gasteiger partial charge in [0, 0.05) is 0 Å². The normalized spacial score (nSPS) is 17.7. The number of carbonyl (C=O) groups excluding carboxylic acids is 1. The Morgan fingerprint density at radius 2 is 1.29 bits per heavy atom. The van der Waals surface area contributed by atoms with Gasteiger partial charge < -0.3 is 0 Å². The summed E-state index contributed by atoms with van der Waals surface area (Å²) in [6.45, 7) is 30.3. The molecule has 3 rings (SSSR count). The molecule has 1 aromatic rings. The number of hydrogen-bond donors (Lipinski definition) is 1. The molecule has 1 N–H and O–H groups in total. The number of carbonyl (C=O) groups is 1. The van der Waals surface area contributed by atoms with Crippen molar-refractivity contribution in [2.75, 3.05) is 6.54 Å². The van der Waals surface area contributed by atoms with E-state index in [4.69, 9.17) is 4.74 Å². The number of ketones is 1. The Morgan fingerprint density at radius 3 is 1.71 bits per heavy atom. The summed E-state index contributed by atoms with van der Waals surface area (Å²) in [5, 5.41) is 3.59. The Labute approximate surface area is 268 Å². The molecule has 1 aliphatic carbocycles. The van der Waals surface area contributed by atoms with E-state index >= 15 is 0 Å². The van der Waals surface area contributed by atoms with Crippen LogP contribution < -0.4 is 5.32 Å². The molecule has 0 aromatic carbocycles. The van der Waals surface area contributed by atoms with Crippen LogP contribution >= 0.6 is 0 Å². The summed E-state index contributed by atoms with van der Waals surface area (Å²) in [6, 6.07) is 4.66. The Bertz CT molecular complexity index is 1260. The molecule has 0 atom stereocenters. The van der Waals surface area contributed by atoms with Gasteiger partial charge in [-0.3, -0.25) is 0 Å². The number of nitrogens with one attached hydrogen (secondary N) is 1. The van der Waals surface area contributed by atoms with E-state index < -0.39 is 0 Å². The minimum atomic E-state index is 0.104. The summed E-state index contributed by atoms with van der Waals surface area (Å²) < 4.78 is 11.8. The van der Waals surface area contributed by atoms with Crippen LogP contribution in [-0.4, -0.2) is 56.7 Å². The van der Waals surface area contributed by atoms with Gasteiger partial charge in [0.2, 0.25) is 0 Å². The fourth-order valence-electron chi connectivity index (χ4n) is 4.11. The third-order valence-electron chi connectivity index (χ3n) is 6.08. The average Bonchev–Trinajstić information content (AvgIpc) is 2.78. The van der Waals surface area contributed by atoms with Gasteiger partial charge in [0.15, 0.2) is 0 Å². The van der Waals surface area contributed by atoms with Gasteiger partial charge in [0.05, 0.1) is 0 Å². The molecule has 6 heteroatoms. The molecule has 0 bridgehead atoms. The second kappa shape index (κ2) is 12.9. The molecule has 2 aliphatic rings. The molecule has 2 heterocycles. The molecule has 0 saturated carbocycles. The number of allylic oxidation sites excluding steroid dienone is 6. The quantitative estimate of drug-likeness (QED) is 0.225. The zero-order valence-corrected chi connectivity index (χ0v) is 32.6. The molecule has 1 aliphatic heterocycles. The maximum atomic E-state index is 13.7. The second-order valence-corrected chi connectivity index (χ2v) is 24.8. The van der Waals surface area contributed by atoms with Crippen molar-refractivity contribution in [1.82, 2.24) is 5.32 Å². The van der Waals surface area contributed by atoms with E-state index in [2.05, 4.69) is 132 Å². The van der Waals surface area contributed by atoms with E-state index in [1.807, 2.05) is 0 Å². The number of rotatable bonds is 7. The van der Waals surface area contributed by atoms with E-state index in [1.54, 1.807) is 0 Å². The van der Waals surface area contributed by atoms with Crippen molar-refractivity contribution in [3.8, 4) is 0 Å². The van der Waals surface area contributed by atoms with Crippen molar-refractivity contribution in [2.24, 2.45) is 0 Å². The molecule has 0 amide bonds. The second-order valence-electron chi connectivity index (χ2n) is 14.8. The summed E-state index contributed by atoms with van der Waals surface area (Å²) in [4.78, 5) is 13.7. The molecule has 0 radical (unpaired) electrons. The predicted molar refractivity (Wildman–Crippen MR) is 180 cm³/mol. The molecule has 0 saturated heterocycles. The van der Waals surface area contributed by atoms with E-state index in [0.29, 0.717) is 14.5 Å². The van der Waals surface area contributed by atoms with Gasteiger partial charge in [-0.25, -0.2) is 0 Å². The first-order valence-corrected chi connectivity index (χ1v) is 19.8. The summed E-state index contributed by atoms with van der Waals surface area (Å²) in [5.41, 5.74) is 4.95. The van der Waals surface area contributed by atoms with Gasteiger partial charge in [0.25, 0.3) is 0 Å². The Morgan fingerprint density at radius 1 is 0.805 bits per heavy atom. The Kier molecular flexibility index (Phi) is 10.8. The van der Waals surface area contributed by atoms with Crippen LogP contribution in [0.5, 0.6) is 0 Å². The summed E-state index contributed by atoms with van der Waals surface area (Å²) in [5.74, 6) is 0.121. The first kappa shape index (κ1) is 34.4. The van der Waals surface area contributed by atoms with Crippen LogP contribution in [-0.2, 0) is 20.4 Å². The van der Waals surface area contributed by atoms with Gasteiger partial charge in [-0.05, 0) is 0 Å². The molecule has 0 spiro atoms. The van der Waals surface area contributed by atoms with Crippen molar-refractivity contribution < 1.29 is 9.53 Å². The third-order valence-corrected chi connectivity index (χ3v) is 14.3. The monoisotopic (exact) mass is 756 g/mol. The molecule has 3 nitrogen and oxygen atoms in total. The Hall–Kier alpha value is -1.12. The van der Waals surface area contributed by atoms with Crippen LogP contribution in [0.4, 0.5) is 0 Å². The molecule has 41 heavy (non-hydrogen) atoms. The Balaban J connectivity index is 2.12. The van der Waals surface area contributed by atoms with Crippen LogP contribution in [0.2, 0.25) is 8.63 Å². The van der Waals surface area contributed by atoms with Crippen molar-refractivity contribution >= 4 is 56.3 Å². The third kappa shape index (κ3) is 9.96. The first-order valence-electron chi connectivity index (χ1n) is 14.6. The summed E-state index contributed by atoms with van der Waals surface area (Å²) in [7, 11) is 0. The van der Waals surface area contributed by atoms with E-state index in [9.17, 15) is 4.79 Å². The van der Waals surface area contributed by atoms with Gasteiger partial charge in [-0.15, -0.1) is 0 Å². The number of Topliss-reactive ketones (excluding diaryl/α,β-unsaturated/α-hetero) is 1. The van der Waals surface area contributed by atoms with Crippen molar-refractivity contribution in [3.63, 3.8) is 0 Å². The number of hydrogen-bond acceptors (Lipinski definition) is 3.